The van der Waals surface area contributed by atoms with Gasteiger partial charge in [-0.15, -0.1) is 0 Å². The highest BCUT2D eigenvalue weighted by atomic mass is 35.5. The Morgan fingerprint density at radius 2 is 1.60 bits per heavy atom. The summed E-state index contributed by atoms with van der Waals surface area (Å²) in [7, 11) is 0. The highest BCUT2D eigenvalue weighted by Gasteiger charge is 2.09. The zero-order chi connectivity index (χ0) is 18.2. The number of halogens is 3. The molecule has 0 unspecified atom stereocenters. The van der Waals surface area contributed by atoms with E-state index in [-0.39, 0.29) is 18.2 Å². The number of carbonyl (C=O) groups excluding carboxylic acids is 2. The summed E-state index contributed by atoms with van der Waals surface area (Å²) < 4.78 is 0. The minimum Gasteiger partial charge on any atom is -0.352 e. The van der Waals surface area contributed by atoms with Crippen molar-refractivity contribution < 1.29 is 9.59 Å². The van der Waals surface area contributed by atoms with Gasteiger partial charge in [0.25, 0.3) is 5.91 Å². The molecule has 0 saturated carbocycles. The summed E-state index contributed by atoms with van der Waals surface area (Å²) in [5.74, 6) is -0.421. The first-order chi connectivity index (χ1) is 12.0. The van der Waals surface area contributed by atoms with Gasteiger partial charge in [-0.25, -0.2) is 0 Å². The van der Waals surface area contributed by atoms with E-state index in [1.165, 1.54) is 12.1 Å². The second-order valence-corrected chi connectivity index (χ2v) is 6.39. The fourth-order valence-corrected chi connectivity index (χ4v) is 2.91. The Bertz CT molecular complexity index is 731. The van der Waals surface area contributed by atoms with Crippen LogP contribution in [0.3, 0.4) is 0 Å². The van der Waals surface area contributed by atoms with E-state index in [2.05, 4.69) is 16.2 Å². The van der Waals surface area contributed by atoms with Crippen molar-refractivity contribution in [3.05, 3.63) is 63.1 Å². The third-order valence-electron chi connectivity index (χ3n) is 3.24. The maximum Gasteiger partial charge on any atom is 0.251 e. The molecule has 0 aliphatic heterocycles. The van der Waals surface area contributed by atoms with Crippen LogP contribution in [0.1, 0.15) is 23.2 Å². The van der Waals surface area contributed by atoms with Crippen LogP contribution in [0.15, 0.2) is 42.5 Å². The number of hydrogen-bond donors (Lipinski definition) is 3. The Morgan fingerprint density at radius 1 is 0.960 bits per heavy atom. The molecule has 0 bridgehead atoms. The molecule has 5 nitrogen and oxygen atoms in total. The van der Waals surface area contributed by atoms with Crippen LogP contribution in [0.5, 0.6) is 0 Å². The van der Waals surface area contributed by atoms with Crippen LogP contribution >= 0.6 is 34.8 Å². The third-order valence-corrected chi connectivity index (χ3v) is 4.05. The van der Waals surface area contributed by atoms with Gasteiger partial charge in [-0.3, -0.25) is 20.4 Å². The fourth-order valence-electron chi connectivity index (χ4n) is 2.00. The van der Waals surface area contributed by atoms with E-state index >= 15 is 0 Å². The van der Waals surface area contributed by atoms with Crippen LogP contribution < -0.4 is 16.2 Å². The second-order valence-electron chi connectivity index (χ2n) is 5.14. The lowest BCUT2D eigenvalue weighted by molar-refractivity contribution is -0.120. The number of hydrazine groups is 1. The molecule has 0 radical (unpaired) electrons. The summed E-state index contributed by atoms with van der Waals surface area (Å²) in [5, 5.41) is 3.76. The molecule has 0 aliphatic carbocycles. The Balaban J connectivity index is 1.70. The highest BCUT2D eigenvalue weighted by molar-refractivity contribution is 6.41. The van der Waals surface area contributed by atoms with Gasteiger partial charge in [0.1, 0.15) is 0 Å². The quantitative estimate of drug-likeness (QED) is 0.479. The van der Waals surface area contributed by atoms with Crippen LogP contribution in [0.4, 0.5) is 5.69 Å². The van der Waals surface area contributed by atoms with Crippen molar-refractivity contribution in [1.29, 1.82) is 0 Å². The van der Waals surface area contributed by atoms with Crippen LogP contribution in [0, 0.1) is 0 Å². The number of carbonyl (C=O) groups is 2. The molecular weight excluding hydrogens is 385 g/mol. The summed E-state index contributed by atoms with van der Waals surface area (Å²) in [6, 6.07) is 11.9. The maximum absolute atomic E-state index is 11.8. The van der Waals surface area contributed by atoms with E-state index in [0.29, 0.717) is 39.3 Å². The summed E-state index contributed by atoms with van der Waals surface area (Å²) in [6.07, 6.45) is 0.721. The molecule has 2 aromatic rings. The molecule has 3 N–H and O–H groups in total. The molecule has 0 heterocycles. The van der Waals surface area contributed by atoms with Gasteiger partial charge in [0.05, 0.1) is 15.7 Å². The number of hydrogen-bond acceptors (Lipinski definition) is 3. The predicted octanol–water partition coefficient (Wildman–Crippen LogP) is 4.30. The molecule has 0 atom stereocenters. The van der Waals surface area contributed by atoms with Crippen LogP contribution in [0.2, 0.25) is 15.1 Å². The molecule has 2 rings (SSSR count). The molecule has 132 valence electrons. The Kier molecular flexibility index (Phi) is 7.37. The van der Waals surface area contributed by atoms with Crippen molar-refractivity contribution in [1.82, 2.24) is 10.7 Å². The Hall–Kier alpha value is -1.95. The average Bonchev–Trinajstić information content (AvgIpc) is 2.58. The number of amides is 2. The predicted molar refractivity (Wildman–Crippen MR) is 101 cm³/mol. The number of rotatable bonds is 7. The van der Waals surface area contributed by atoms with Crippen LogP contribution in [-0.2, 0) is 4.79 Å². The standard InChI is InChI=1S/C17H16Cl3N3O2/c18-12-9-13(19)16(14(20)10-12)23-22-15(24)7-4-8-21-17(25)11-5-2-1-3-6-11/h1-3,5-6,9-10,23H,4,7-8H2,(H,21,25)(H,22,24). The first kappa shape index (κ1) is 19.4. The zero-order valence-electron chi connectivity index (χ0n) is 13.1. The van der Waals surface area contributed by atoms with Crippen LogP contribution in [0.25, 0.3) is 0 Å². The SMILES string of the molecule is O=C(CCCNC(=O)c1ccccc1)NNc1c(Cl)cc(Cl)cc1Cl. The lowest BCUT2D eigenvalue weighted by Crippen LogP contribution is -2.31. The first-order valence-corrected chi connectivity index (χ1v) is 8.63. The molecular formula is C17H16Cl3N3O2. The van der Waals surface area contributed by atoms with Crippen molar-refractivity contribution in [3.8, 4) is 0 Å². The molecule has 2 aromatic carbocycles. The van der Waals surface area contributed by atoms with Gasteiger partial charge >= 0.3 is 0 Å². The molecule has 0 saturated heterocycles. The van der Waals surface area contributed by atoms with Gasteiger partial charge < -0.3 is 5.32 Å². The maximum atomic E-state index is 11.8. The highest BCUT2D eigenvalue weighted by Crippen LogP contribution is 2.33. The van der Waals surface area contributed by atoms with Crippen molar-refractivity contribution in [3.63, 3.8) is 0 Å². The van der Waals surface area contributed by atoms with Crippen molar-refractivity contribution in [2.75, 3.05) is 12.0 Å². The van der Waals surface area contributed by atoms with Crippen molar-refractivity contribution in [2.24, 2.45) is 0 Å². The van der Waals surface area contributed by atoms with Gasteiger partial charge in [0.15, 0.2) is 0 Å². The number of benzene rings is 2. The van der Waals surface area contributed by atoms with E-state index in [4.69, 9.17) is 34.8 Å². The molecule has 0 aliphatic rings. The third kappa shape index (κ3) is 6.12. The van der Waals surface area contributed by atoms with Crippen molar-refractivity contribution in [2.45, 2.75) is 12.8 Å². The molecule has 25 heavy (non-hydrogen) atoms. The van der Waals surface area contributed by atoms with E-state index in [0.717, 1.165) is 0 Å². The van der Waals surface area contributed by atoms with E-state index in [1.54, 1.807) is 24.3 Å². The lowest BCUT2D eigenvalue weighted by atomic mass is 10.2. The van der Waals surface area contributed by atoms with E-state index in [9.17, 15) is 9.59 Å². The molecule has 8 heteroatoms. The molecule has 0 fully saturated rings. The molecule has 2 amide bonds. The Morgan fingerprint density at radius 3 is 2.24 bits per heavy atom. The van der Waals surface area contributed by atoms with Crippen LogP contribution in [-0.4, -0.2) is 18.4 Å². The molecule has 0 aromatic heterocycles. The van der Waals surface area contributed by atoms with Gasteiger partial charge in [0, 0.05) is 23.6 Å². The zero-order valence-corrected chi connectivity index (χ0v) is 15.4. The fraction of sp³-hybridized carbons (Fsp3) is 0.176. The van der Waals surface area contributed by atoms with E-state index in [1.807, 2.05) is 6.07 Å². The number of nitrogens with one attached hydrogen (secondary N) is 3. The smallest absolute Gasteiger partial charge is 0.251 e. The normalized spacial score (nSPS) is 10.2. The van der Waals surface area contributed by atoms with Gasteiger partial charge in [0.2, 0.25) is 5.91 Å². The minimum absolute atomic E-state index is 0.168. The largest absolute Gasteiger partial charge is 0.352 e. The summed E-state index contributed by atoms with van der Waals surface area (Å²) in [5.41, 5.74) is 6.14. The second kappa shape index (κ2) is 9.51. The molecule has 0 spiro atoms. The summed E-state index contributed by atoms with van der Waals surface area (Å²) in [4.78, 5) is 23.7. The topological polar surface area (TPSA) is 70.2 Å². The van der Waals surface area contributed by atoms with Gasteiger partial charge in [-0.1, -0.05) is 53.0 Å². The lowest BCUT2D eigenvalue weighted by Gasteiger charge is -2.12. The average molecular weight is 401 g/mol. The summed E-state index contributed by atoms with van der Waals surface area (Å²) in [6.45, 7) is 0.392. The number of anilines is 1. The minimum atomic E-state index is -0.254. The monoisotopic (exact) mass is 399 g/mol. The first-order valence-electron chi connectivity index (χ1n) is 7.50. The Labute approximate surface area is 160 Å². The van der Waals surface area contributed by atoms with E-state index < -0.39 is 0 Å². The van der Waals surface area contributed by atoms with Gasteiger partial charge in [-0.05, 0) is 30.7 Å². The van der Waals surface area contributed by atoms with Gasteiger partial charge in [-0.2, -0.15) is 0 Å². The van der Waals surface area contributed by atoms with Crippen molar-refractivity contribution >= 4 is 52.3 Å². The summed E-state index contributed by atoms with van der Waals surface area (Å²) >= 11 is 17.8.